The predicted molar refractivity (Wildman–Crippen MR) is 73.8 cm³/mol. The van der Waals surface area contributed by atoms with Gasteiger partial charge in [-0.05, 0) is 6.42 Å². The van der Waals surface area contributed by atoms with E-state index in [1.165, 1.54) is 0 Å². The summed E-state index contributed by atoms with van der Waals surface area (Å²) in [5.74, 6) is 0. The van der Waals surface area contributed by atoms with Crippen molar-refractivity contribution in [2.45, 2.75) is 18.6 Å². The smallest absolute Gasteiger partial charge is 0.146 e. The molecule has 1 saturated heterocycles. The molecule has 6 nitrogen and oxygen atoms in total. The van der Waals surface area contributed by atoms with Crippen molar-refractivity contribution < 1.29 is 28.4 Å². The Morgan fingerprint density at radius 1 is 1.20 bits per heavy atom. The van der Waals surface area contributed by atoms with Crippen LogP contribution in [0.25, 0.3) is 0 Å². The van der Waals surface area contributed by atoms with Crippen molar-refractivity contribution in [3.8, 4) is 0 Å². The molecule has 0 N–H and O–H groups in total. The van der Waals surface area contributed by atoms with Gasteiger partial charge in [0.2, 0.25) is 0 Å². The van der Waals surface area contributed by atoms with E-state index in [1.807, 2.05) is 6.08 Å². The van der Waals surface area contributed by atoms with Gasteiger partial charge in [0, 0.05) is 7.11 Å². The highest BCUT2D eigenvalue weighted by molar-refractivity contribution is 4.68. The molecule has 118 valence electrons. The van der Waals surface area contributed by atoms with Crippen LogP contribution < -0.4 is 0 Å². The maximum atomic E-state index is 5.50. The van der Waals surface area contributed by atoms with E-state index in [0.29, 0.717) is 39.6 Å². The summed E-state index contributed by atoms with van der Waals surface area (Å²) in [6, 6.07) is 0. The molecule has 1 aliphatic heterocycles. The van der Waals surface area contributed by atoms with E-state index in [1.54, 1.807) is 7.11 Å². The molecule has 0 radical (unpaired) electrons. The van der Waals surface area contributed by atoms with Gasteiger partial charge in [-0.15, -0.1) is 6.58 Å². The first-order chi connectivity index (χ1) is 9.86. The minimum Gasteiger partial charge on any atom is -0.379 e. The lowest BCUT2D eigenvalue weighted by molar-refractivity contribution is -0.123. The second kappa shape index (κ2) is 12.3. The van der Waals surface area contributed by atoms with Crippen LogP contribution in [0.2, 0.25) is 0 Å². The van der Waals surface area contributed by atoms with Crippen molar-refractivity contribution in [2.75, 3.05) is 60.2 Å². The first kappa shape index (κ1) is 17.6. The van der Waals surface area contributed by atoms with Crippen molar-refractivity contribution in [1.29, 1.82) is 0 Å². The molecule has 1 rings (SSSR count). The quantitative estimate of drug-likeness (QED) is 0.194. The normalized spacial score (nSPS) is 18.9. The number of epoxide rings is 1. The number of ether oxygens (including phenoxy) is 6. The van der Waals surface area contributed by atoms with E-state index < -0.39 is 0 Å². The molecule has 0 bridgehead atoms. The van der Waals surface area contributed by atoms with E-state index in [-0.39, 0.29) is 19.0 Å². The van der Waals surface area contributed by atoms with E-state index in [9.17, 15) is 0 Å². The molecule has 0 aromatic heterocycles. The summed E-state index contributed by atoms with van der Waals surface area (Å²) in [4.78, 5) is 0. The van der Waals surface area contributed by atoms with Gasteiger partial charge < -0.3 is 28.4 Å². The molecule has 0 saturated carbocycles. The van der Waals surface area contributed by atoms with Gasteiger partial charge in [0.1, 0.15) is 19.0 Å². The molecular formula is C14H26O6. The van der Waals surface area contributed by atoms with Gasteiger partial charge >= 0.3 is 0 Å². The van der Waals surface area contributed by atoms with Gasteiger partial charge in [-0.3, -0.25) is 0 Å². The Morgan fingerprint density at radius 3 is 2.65 bits per heavy atom. The molecule has 0 aromatic rings. The third-order valence-electron chi connectivity index (χ3n) is 2.57. The van der Waals surface area contributed by atoms with Crippen LogP contribution >= 0.6 is 0 Å². The Morgan fingerprint density at radius 2 is 1.95 bits per heavy atom. The Hall–Kier alpha value is -0.500. The van der Waals surface area contributed by atoms with Gasteiger partial charge in [0.15, 0.2) is 0 Å². The second-order valence-electron chi connectivity index (χ2n) is 4.45. The van der Waals surface area contributed by atoms with Crippen LogP contribution in [0.1, 0.15) is 6.42 Å². The standard InChI is InChI=1S/C14H26O6/c1-3-4-5-16-6-7-17-8-13(20-12-15-2)9-18-10-14-11-19-14/h3,13-14H,1,4-12H2,2H3. The maximum Gasteiger partial charge on any atom is 0.146 e. The third-order valence-corrected chi connectivity index (χ3v) is 2.57. The minimum atomic E-state index is -0.137. The summed E-state index contributed by atoms with van der Waals surface area (Å²) in [5.41, 5.74) is 0. The third kappa shape index (κ3) is 10.3. The van der Waals surface area contributed by atoms with Crippen LogP contribution in [0.5, 0.6) is 0 Å². The highest BCUT2D eigenvalue weighted by atomic mass is 16.7. The molecule has 0 aromatic carbocycles. The van der Waals surface area contributed by atoms with Crippen LogP contribution in [0.3, 0.4) is 0 Å². The molecule has 1 fully saturated rings. The van der Waals surface area contributed by atoms with Crippen molar-refractivity contribution in [3.63, 3.8) is 0 Å². The molecule has 0 aliphatic carbocycles. The summed E-state index contributed by atoms with van der Waals surface area (Å²) in [6.07, 6.45) is 2.81. The lowest BCUT2D eigenvalue weighted by atomic mass is 10.4. The average molecular weight is 290 g/mol. The van der Waals surface area contributed by atoms with Gasteiger partial charge in [0.25, 0.3) is 0 Å². The molecule has 1 heterocycles. The maximum absolute atomic E-state index is 5.50. The Balaban J connectivity index is 1.97. The van der Waals surface area contributed by atoms with Gasteiger partial charge in [-0.2, -0.15) is 0 Å². The summed E-state index contributed by atoms with van der Waals surface area (Å²) >= 11 is 0. The predicted octanol–water partition coefficient (Wildman–Crippen LogP) is 1.00. The van der Waals surface area contributed by atoms with E-state index in [4.69, 9.17) is 28.4 Å². The highest BCUT2D eigenvalue weighted by Crippen LogP contribution is 2.09. The summed E-state index contributed by atoms with van der Waals surface area (Å²) in [7, 11) is 1.59. The second-order valence-corrected chi connectivity index (χ2v) is 4.45. The van der Waals surface area contributed by atoms with Crippen molar-refractivity contribution in [3.05, 3.63) is 12.7 Å². The van der Waals surface area contributed by atoms with E-state index >= 15 is 0 Å². The molecule has 2 unspecified atom stereocenters. The number of hydrogen-bond donors (Lipinski definition) is 0. The van der Waals surface area contributed by atoms with Gasteiger partial charge in [-0.25, -0.2) is 0 Å². The zero-order valence-electron chi connectivity index (χ0n) is 12.3. The lowest BCUT2D eigenvalue weighted by Gasteiger charge is -2.17. The molecule has 0 spiro atoms. The average Bonchev–Trinajstić information content (AvgIpc) is 3.27. The summed E-state index contributed by atoms with van der Waals surface area (Å²) in [6.45, 7) is 7.98. The Labute approximate surface area is 120 Å². The lowest BCUT2D eigenvalue weighted by Crippen LogP contribution is -2.28. The molecular weight excluding hydrogens is 264 g/mol. The van der Waals surface area contributed by atoms with Crippen LogP contribution in [0.4, 0.5) is 0 Å². The number of rotatable bonds is 15. The minimum absolute atomic E-state index is 0.137. The SMILES string of the molecule is C=CCCOCCOCC(COCC1CO1)OCOC. The zero-order chi connectivity index (χ0) is 14.5. The summed E-state index contributed by atoms with van der Waals surface area (Å²) < 4.78 is 31.8. The molecule has 0 amide bonds. The van der Waals surface area contributed by atoms with E-state index in [2.05, 4.69) is 6.58 Å². The number of hydrogen-bond acceptors (Lipinski definition) is 6. The zero-order valence-corrected chi connectivity index (χ0v) is 12.3. The fourth-order valence-corrected chi connectivity index (χ4v) is 1.41. The molecule has 1 aliphatic rings. The fraction of sp³-hybridized carbons (Fsp3) is 0.857. The highest BCUT2D eigenvalue weighted by Gasteiger charge is 2.23. The molecule has 2 atom stereocenters. The Kier molecular flexibility index (Phi) is 10.8. The van der Waals surface area contributed by atoms with Crippen LogP contribution in [0, 0.1) is 0 Å². The number of methoxy groups -OCH3 is 1. The molecule has 20 heavy (non-hydrogen) atoms. The van der Waals surface area contributed by atoms with Crippen molar-refractivity contribution in [2.24, 2.45) is 0 Å². The van der Waals surface area contributed by atoms with E-state index in [0.717, 1.165) is 13.0 Å². The Bertz CT molecular complexity index is 232. The van der Waals surface area contributed by atoms with Gasteiger partial charge in [0.05, 0.1) is 46.2 Å². The van der Waals surface area contributed by atoms with Crippen LogP contribution in [0.15, 0.2) is 12.7 Å². The van der Waals surface area contributed by atoms with Crippen molar-refractivity contribution in [1.82, 2.24) is 0 Å². The molecule has 6 heteroatoms. The first-order valence-corrected chi connectivity index (χ1v) is 6.93. The monoisotopic (exact) mass is 290 g/mol. The first-order valence-electron chi connectivity index (χ1n) is 6.93. The van der Waals surface area contributed by atoms with Crippen molar-refractivity contribution >= 4 is 0 Å². The van der Waals surface area contributed by atoms with Gasteiger partial charge in [-0.1, -0.05) is 6.08 Å². The summed E-state index contributed by atoms with van der Waals surface area (Å²) in [5, 5.41) is 0. The van der Waals surface area contributed by atoms with Crippen LogP contribution in [-0.2, 0) is 28.4 Å². The fourth-order valence-electron chi connectivity index (χ4n) is 1.41. The topological polar surface area (TPSA) is 58.7 Å². The van der Waals surface area contributed by atoms with Crippen LogP contribution in [-0.4, -0.2) is 72.4 Å². The largest absolute Gasteiger partial charge is 0.379 e.